The van der Waals surface area contributed by atoms with Crippen LogP contribution in [0.15, 0.2) is 54.6 Å². The SMILES string of the molecule is CC1(C)CCN(C(=O)c2c(F)cccc2Cl)c2ccc(-c3cc(C(N)=O)ccc3Cl)cc21. The van der Waals surface area contributed by atoms with E-state index >= 15 is 0 Å². The van der Waals surface area contributed by atoms with Gasteiger partial charge in [-0.15, -0.1) is 0 Å². The number of benzene rings is 3. The van der Waals surface area contributed by atoms with Gasteiger partial charge in [0.05, 0.1) is 10.6 Å². The quantitative estimate of drug-likeness (QED) is 0.493. The van der Waals surface area contributed by atoms with Gasteiger partial charge in [-0.1, -0.05) is 49.2 Å². The lowest BCUT2D eigenvalue weighted by molar-refractivity contribution is 0.0976. The van der Waals surface area contributed by atoms with Crippen molar-refractivity contribution in [3.8, 4) is 11.1 Å². The first kappa shape index (κ1) is 22.3. The summed E-state index contributed by atoms with van der Waals surface area (Å²) >= 11 is 12.6. The molecule has 4 rings (SSSR count). The molecule has 3 aromatic rings. The standard InChI is InChI=1S/C25H21Cl2FN2O2/c1-25(2)10-11-30(24(32)22-19(27)4-3-5-20(22)28)21-9-7-14(13-17(21)25)16-12-15(23(29)31)6-8-18(16)26/h3-9,12-13H,10-11H2,1-2H3,(H2,29,31). The Hall–Kier alpha value is -2.89. The number of carbonyl (C=O) groups excluding carboxylic acids is 2. The highest BCUT2D eigenvalue weighted by atomic mass is 35.5. The Bertz CT molecular complexity index is 1240. The van der Waals surface area contributed by atoms with E-state index in [0.717, 1.165) is 11.1 Å². The Morgan fingerprint density at radius 3 is 2.47 bits per heavy atom. The van der Waals surface area contributed by atoms with Gasteiger partial charge in [-0.3, -0.25) is 9.59 Å². The van der Waals surface area contributed by atoms with E-state index in [1.165, 1.54) is 18.2 Å². The zero-order valence-electron chi connectivity index (χ0n) is 17.6. The molecule has 0 aliphatic carbocycles. The minimum atomic E-state index is -0.652. The molecule has 2 N–H and O–H groups in total. The number of hydrogen-bond acceptors (Lipinski definition) is 2. The summed E-state index contributed by atoms with van der Waals surface area (Å²) in [4.78, 5) is 26.5. The number of rotatable bonds is 3. The summed E-state index contributed by atoms with van der Waals surface area (Å²) in [5.74, 6) is -1.67. The number of nitrogens with zero attached hydrogens (tertiary/aromatic N) is 1. The van der Waals surface area contributed by atoms with Crippen molar-refractivity contribution in [3.05, 3.63) is 87.2 Å². The van der Waals surface area contributed by atoms with Gasteiger partial charge < -0.3 is 10.6 Å². The lowest BCUT2D eigenvalue weighted by Gasteiger charge is -2.39. The van der Waals surface area contributed by atoms with Crippen molar-refractivity contribution in [1.82, 2.24) is 0 Å². The van der Waals surface area contributed by atoms with Gasteiger partial charge in [0.1, 0.15) is 5.82 Å². The summed E-state index contributed by atoms with van der Waals surface area (Å²) in [6.45, 7) is 4.62. The largest absolute Gasteiger partial charge is 0.366 e. The van der Waals surface area contributed by atoms with Crippen LogP contribution in [0.4, 0.5) is 10.1 Å². The van der Waals surface area contributed by atoms with Crippen molar-refractivity contribution >= 4 is 40.7 Å². The van der Waals surface area contributed by atoms with Crippen LogP contribution in [0.5, 0.6) is 0 Å². The molecule has 1 heterocycles. The van der Waals surface area contributed by atoms with Crippen LogP contribution in [-0.2, 0) is 5.41 Å². The fourth-order valence-corrected chi connectivity index (χ4v) is 4.55. The molecular formula is C25H21Cl2FN2O2. The number of halogens is 3. The summed E-state index contributed by atoms with van der Waals surface area (Å²) in [6, 6.07) is 14.7. The molecule has 2 amide bonds. The van der Waals surface area contributed by atoms with Gasteiger partial charge in [-0.2, -0.15) is 0 Å². The Morgan fingerprint density at radius 2 is 1.78 bits per heavy atom. The minimum absolute atomic E-state index is 0.0769. The third kappa shape index (κ3) is 3.87. The van der Waals surface area contributed by atoms with Crippen LogP contribution in [-0.4, -0.2) is 18.4 Å². The maximum Gasteiger partial charge on any atom is 0.262 e. The van der Waals surface area contributed by atoms with E-state index in [9.17, 15) is 14.0 Å². The maximum atomic E-state index is 14.4. The van der Waals surface area contributed by atoms with Gasteiger partial charge in [0.15, 0.2) is 0 Å². The van der Waals surface area contributed by atoms with E-state index in [1.807, 2.05) is 18.2 Å². The third-order valence-electron chi connectivity index (χ3n) is 5.96. The first-order valence-corrected chi connectivity index (χ1v) is 10.9. The second-order valence-corrected chi connectivity index (χ2v) is 9.29. The summed E-state index contributed by atoms with van der Waals surface area (Å²) in [7, 11) is 0. The van der Waals surface area contributed by atoms with Crippen LogP contribution in [0.25, 0.3) is 11.1 Å². The summed E-state index contributed by atoms with van der Waals surface area (Å²) < 4.78 is 14.4. The van der Waals surface area contributed by atoms with Crippen molar-refractivity contribution in [2.75, 3.05) is 11.4 Å². The lowest BCUT2D eigenvalue weighted by Crippen LogP contribution is -2.41. The molecule has 32 heavy (non-hydrogen) atoms. The summed E-state index contributed by atoms with van der Waals surface area (Å²) in [5.41, 5.74) is 8.48. The second kappa shape index (κ2) is 8.23. The second-order valence-electron chi connectivity index (χ2n) is 8.48. The van der Waals surface area contributed by atoms with E-state index in [2.05, 4.69) is 13.8 Å². The van der Waals surface area contributed by atoms with Crippen LogP contribution < -0.4 is 10.6 Å². The van der Waals surface area contributed by atoms with Crippen molar-refractivity contribution in [2.24, 2.45) is 5.73 Å². The van der Waals surface area contributed by atoms with Crippen molar-refractivity contribution < 1.29 is 14.0 Å². The smallest absolute Gasteiger partial charge is 0.262 e. The number of nitrogens with two attached hydrogens (primary N) is 1. The monoisotopic (exact) mass is 470 g/mol. The van der Waals surface area contributed by atoms with E-state index in [4.69, 9.17) is 28.9 Å². The molecule has 0 unspecified atom stereocenters. The van der Waals surface area contributed by atoms with Crippen molar-refractivity contribution in [2.45, 2.75) is 25.7 Å². The van der Waals surface area contributed by atoms with Gasteiger partial charge in [0.25, 0.3) is 5.91 Å². The maximum absolute atomic E-state index is 14.4. The number of anilines is 1. The van der Waals surface area contributed by atoms with Crippen molar-refractivity contribution in [1.29, 1.82) is 0 Å². The molecule has 3 aromatic carbocycles. The van der Waals surface area contributed by atoms with E-state index in [1.54, 1.807) is 23.1 Å². The topological polar surface area (TPSA) is 63.4 Å². The molecule has 0 bridgehead atoms. The molecular weight excluding hydrogens is 450 g/mol. The molecule has 0 aromatic heterocycles. The highest BCUT2D eigenvalue weighted by Gasteiger charge is 2.35. The fourth-order valence-electron chi connectivity index (χ4n) is 4.08. The zero-order chi connectivity index (χ0) is 23.2. The van der Waals surface area contributed by atoms with E-state index < -0.39 is 17.6 Å². The molecule has 1 aliphatic heterocycles. The molecule has 0 fully saturated rings. The lowest BCUT2D eigenvalue weighted by atomic mass is 9.76. The van der Waals surface area contributed by atoms with Gasteiger partial charge >= 0.3 is 0 Å². The number of hydrogen-bond donors (Lipinski definition) is 1. The number of primary amides is 1. The van der Waals surface area contributed by atoms with Crippen LogP contribution in [0.2, 0.25) is 10.0 Å². The van der Waals surface area contributed by atoms with Crippen LogP contribution in [0, 0.1) is 5.82 Å². The highest BCUT2D eigenvalue weighted by Crippen LogP contribution is 2.43. The average molecular weight is 471 g/mol. The Morgan fingerprint density at radius 1 is 1.03 bits per heavy atom. The molecule has 4 nitrogen and oxygen atoms in total. The predicted octanol–water partition coefficient (Wildman–Crippen LogP) is 6.23. The minimum Gasteiger partial charge on any atom is -0.366 e. The average Bonchev–Trinajstić information content (AvgIpc) is 2.73. The normalized spacial score (nSPS) is 14.7. The summed E-state index contributed by atoms with van der Waals surface area (Å²) in [6.07, 6.45) is 0.677. The Kier molecular flexibility index (Phi) is 5.74. The molecule has 1 aliphatic rings. The number of fused-ring (bicyclic) bond motifs is 1. The highest BCUT2D eigenvalue weighted by molar-refractivity contribution is 6.34. The van der Waals surface area contributed by atoms with E-state index in [-0.39, 0.29) is 16.0 Å². The van der Waals surface area contributed by atoms with Gasteiger partial charge in [0, 0.05) is 28.4 Å². The Labute approximate surface area is 195 Å². The number of carbonyl (C=O) groups is 2. The van der Waals surface area contributed by atoms with Gasteiger partial charge in [-0.05, 0) is 65.4 Å². The first-order valence-electron chi connectivity index (χ1n) is 10.1. The molecule has 7 heteroatoms. The predicted molar refractivity (Wildman–Crippen MR) is 126 cm³/mol. The van der Waals surface area contributed by atoms with Crippen LogP contribution in [0.3, 0.4) is 0 Å². The van der Waals surface area contributed by atoms with Gasteiger partial charge in [-0.25, -0.2) is 4.39 Å². The zero-order valence-corrected chi connectivity index (χ0v) is 19.1. The van der Waals surface area contributed by atoms with Gasteiger partial charge in [0.2, 0.25) is 5.91 Å². The van der Waals surface area contributed by atoms with Crippen LogP contribution >= 0.6 is 23.2 Å². The molecule has 0 spiro atoms. The summed E-state index contributed by atoms with van der Waals surface area (Å²) in [5, 5.41) is 0.558. The van der Waals surface area contributed by atoms with Crippen LogP contribution in [0.1, 0.15) is 46.5 Å². The van der Waals surface area contributed by atoms with E-state index in [0.29, 0.717) is 34.8 Å². The third-order valence-corrected chi connectivity index (χ3v) is 6.61. The molecule has 0 saturated heterocycles. The molecule has 0 saturated carbocycles. The molecule has 0 atom stereocenters. The fraction of sp³-hybridized carbons (Fsp3) is 0.200. The molecule has 164 valence electrons. The number of amides is 2. The van der Waals surface area contributed by atoms with Crippen molar-refractivity contribution in [3.63, 3.8) is 0 Å². The Balaban J connectivity index is 1.83. The first-order chi connectivity index (χ1) is 15.1. The molecule has 0 radical (unpaired) electrons.